The van der Waals surface area contributed by atoms with E-state index < -0.39 is 0 Å². The van der Waals surface area contributed by atoms with Gasteiger partial charge in [-0.15, -0.1) is 0 Å². The quantitative estimate of drug-likeness (QED) is 0.624. The summed E-state index contributed by atoms with van der Waals surface area (Å²) >= 11 is 1.37. The largest absolute Gasteiger partial charge is 0.383 e. The molecule has 4 rings (SSSR count). The number of carbonyl (C=O) groups is 1. The highest BCUT2D eigenvalue weighted by Gasteiger charge is 2.26. The van der Waals surface area contributed by atoms with Gasteiger partial charge in [0, 0.05) is 38.0 Å². The second-order valence-electron chi connectivity index (χ2n) is 6.77. The average Bonchev–Trinajstić information content (AvgIpc) is 3.26. The summed E-state index contributed by atoms with van der Waals surface area (Å²) < 4.78 is 25.8. The molecule has 2 aromatic heterocycles. The van der Waals surface area contributed by atoms with Crippen LogP contribution in [0.4, 0.5) is 10.2 Å². The van der Waals surface area contributed by atoms with Gasteiger partial charge in [0.15, 0.2) is 4.96 Å². The zero-order valence-electron chi connectivity index (χ0n) is 16.4. The average molecular weight is 418 g/mol. The first kappa shape index (κ1) is 19.8. The molecule has 1 N–H and O–H groups in total. The van der Waals surface area contributed by atoms with Gasteiger partial charge in [-0.25, -0.2) is 9.37 Å². The maximum Gasteiger partial charge on any atom is 0.266 e. The van der Waals surface area contributed by atoms with E-state index in [0.717, 1.165) is 27.7 Å². The van der Waals surface area contributed by atoms with Crippen LogP contribution in [0.25, 0.3) is 16.2 Å². The fraction of sp³-hybridized carbons (Fsp3) is 0.400. The van der Waals surface area contributed by atoms with Crippen molar-refractivity contribution < 1.29 is 18.7 Å². The molecule has 0 saturated carbocycles. The predicted molar refractivity (Wildman–Crippen MR) is 110 cm³/mol. The molecule has 1 amide bonds. The minimum Gasteiger partial charge on any atom is -0.383 e. The van der Waals surface area contributed by atoms with Crippen molar-refractivity contribution in [2.45, 2.75) is 6.92 Å². The van der Waals surface area contributed by atoms with E-state index in [0.29, 0.717) is 44.3 Å². The molecule has 0 radical (unpaired) electrons. The summed E-state index contributed by atoms with van der Waals surface area (Å²) in [6, 6.07) is 6.25. The first-order chi connectivity index (χ1) is 14.1. The fourth-order valence-electron chi connectivity index (χ4n) is 3.40. The summed E-state index contributed by atoms with van der Waals surface area (Å²) in [6.45, 7) is 5.35. The first-order valence-corrected chi connectivity index (χ1v) is 10.3. The molecule has 7 nitrogen and oxygen atoms in total. The summed E-state index contributed by atoms with van der Waals surface area (Å²) in [5.41, 5.74) is 2.37. The van der Waals surface area contributed by atoms with Crippen LogP contribution in [0.3, 0.4) is 0 Å². The minimum atomic E-state index is -0.293. The summed E-state index contributed by atoms with van der Waals surface area (Å²) in [5, 5.41) is 3.37. The van der Waals surface area contributed by atoms with Gasteiger partial charge in [0.1, 0.15) is 22.2 Å². The third-order valence-corrected chi connectivity index (χ3v) is 6.04. The molecule has 154 valence electrons. The topological polar surface area (TPSA) is 68.1 Å². The number of morpholine rings is 1. The number of benzene rings is 1. The van der Waals surface area contributed by atoms with Crippen LogP contribution in [0, 0.1) is 12.7 Å². The summed E-state index contributed by atoms with van der Waals surface area (Å²) in [7, 11) is 1.64. The van der Waals surface area contributed by atoms with E-state index in [1.807, 2.05) is 16.2 Å². The van der Waals surface area contributed by atoms with Crippen LogP contribution >= 0.6 is 11.3 Å². The van der Waals surface area contributed by atoms with Gasteiger partial charge < -0.3 is 19.7 Å². The lowest BCUT2D eigenvalue weighted by atomic mass is 10.1. The van der Waals surface area contributed by atoms with Crippen molar-refractivity contribution in [3.05, 3.63) is 40.7 Å². The molecule has 0 spiro atoms. The van der Waals surface area contributed by atoms with Gasteiger partial charge in [0.2, 0.25) is 0 Å². The molecule has 0 bridgehead atoms. The van der Waals surface area contributed by atoms with E-state index in [4.69, 9.17) is 14.5 Å². The number of nitrogens with zero attached hydrogens (tertiary/aromatic N) is 3. The molecule has 3 aromatic rings. The predicted octanol–water partition coefficient (Wildman–Crippen LogP) is 3.04. The maximum absolute atomic E-state index is 13.4. The van der Waals surface area contributed by atoms with Crippen LogP contribution in [0.1, 0.15) is 15.4 Å². The second kappa shape index (κ2) is 8.48. The number of nitrogens with one attached hydrogen (secondary N) is 1. The molecule has 1 aromatic carbocycles. The van der Waals surface area contributed by atoms with Crippen molar-refractivity contribution in [1.82, 2.24) is 14.3 Å². The standard InChI is InChI=1S/C20H23FN4O3S/c1-13-17(19(26)24-8-11-28-12-9-24)29-20-23-16(14-3-5-15(21)6-4-14)18(25(13)20)22-7-10-27-2/h3-6,22H,7-12H2,1-2H3. The minimum absolute atomic E-state index is 0.00692. The SMILES string of the molecule is COCCNc1c(-c2ccc(F)cc2)nc2sc(C(=O)N3CCOCC3)c(C)n12. The zero-order valence-corrected chi connectivity index (χ0v) is 17.2. The molecule has 1 fully saturated rings. The molecule has 0 atom stereocenters. The lowest BCUT2D eigenvalue weighted by Gasteiger charge is -2.26. The Bertz CT molecular complexity index is 1010. The number of imidazole rings is 1. The molecule has 0 unspecified atom stereocenters. The smallest absolute Gasteiger partial charge is 0.266 e. The number of aromatic nitrogens is 2. The molecule has 1 aliphatic rings. The summed E-state index contributed by atoms with van der Waals surface area (Å²) in [5.74, 6) is 0.490. The number of hydrogen-bond donors (Lipinski definition) is 1. The van der Waals surface area contributed by atoms with Gasteiger partial charge in [-0.05, 0) is 31.2 Å². The zero-order chi connectivity index (χ0) is 20.4. The van der Waals surface area contributed by atoms with E-state index in [1.54, 1.807) is 19.2 Å². The number of hydrogen-bond acceptors (Lipinski definition) is 6. The van der Waals surface area contributed by atoms with Gasteiger partial charge in [-0.3, -0.25) is 9.20 Å². The Morgan fingerprint density at radius 2 is 2.03 bits per heavy atom. The highest BCUT2D eigenvalue weighted by atomic mass is 32.1. The highest BCUT2D eigenvalue weighted by molar-refractivity contribution is 7.19. The molecular formula is C20H23FN4O3S. The summed E-state index contributed by atoms with van der Waals surface area (Å²) in [4.78, 5) is 21.0. The van der Waals surface area contributed by atoms with Gasteiger partial charge in [0.25, 0.3) is 5.91 Å². The van der Waals surface area contributed by atoms with Crippen LogP contribution in [-0.4, -0.2) is 66.8 Å². The van der Waals surface area contributed by atoms with Crippen molar-refractivity contribution >= 4 is 28.0 Å². The van der Waals surface area contributed by atoms with Crippen LogP contribution in [-0.2, 0) is 9.47 Å². The Morgan fingerprint density at radius 3 is 2.72 bits per heavy atom. The molecule has 9 heteroatoms. The van der Waals surface area contributed by atoms with Crippen LogP contribution in [0.15, 0.2) is 24.3 Å². The van der Waals surface area contributed by atoms with Crippen molar-refractivity contribution in [1.29, 1.82) is 0 Å². The van der Waals surface area contributed by atoms with E-state index in [2.05, 4.69) is 5.32 Å². The number of aryl methyl sites for hydroxylation is 1. The third kappa shape index (κ3) is 3.85. The molecule has 29 heavy (non-hydrogen) atoms. The van der Waals surface area contributed by atoms with Gasteiger partial charge in [-0.2, -0.15) is 0 Å². The van der Waals surface area contributed by atoms with Crippen LogP contribution in [0.5, 0.6) is 0 Å². The van der Waals surface area contributed by atoms with Gasteiger partial charge in [-0.1, -0.05) is 11.3 Å². The molecule has 3 heterocycles. The summed E-state index contributed by atoms with van der Waals surface area (Å²) in [6.07, 6.45) is 0. The van der Waals surface area contributed by atoms with E-state index in [9.17, 15) is 9.18 Å². The molecule has 1 saturated heterocycles. The lowest BCUT2D eigenvalue weighted by Crippen LogP contribution is -2.40. The van der Waals surface area contributed by atoms with E-state index in [-0.39, 0.29) is 11.7 Å². The number of ether oxygens (including phenoxy) is 2. The van der Waals surface area contributed by atoms with E-state index >= 15 is 0 Å². The highest BCUT2D eigenvalue weighted by Crippen LogP contribution is 2.35. The van der Waals surface area contributed by atoms with Crippen LogP contribution < -0.4 is 5.32 Å². The Balaban J connectivity index is 1.76. The monoisotopic (exact) mass is 418 g/mol. The normalized spacial score (nSPS) is 14.5. The van der Waals surface area contributed by atoms with Crippen molar-refractivity contribution in [3.8, 4) is 11.3 Å². The number of carbonyl (C=O) groups excluding carboxylic acids is 1. The molecular weight excluding hydrogens is 395 g/mol. The molecule has 1 aliphatic heterocycles. The lowest BCUT2D eigenvalue weighted by molar-refractivity contribution is 0.0305. The van der Waals surface area contributed by atoms with Gasteiger partial charge >= 0.3 is 0 Å². The number of thiazole rings is 1. The van der Waals surface area contributed by atoms with Gasteiger partial charge in [0.05, 0.1) is 19.8 Å². The Morgan fingerprint density at radius 1 is 1.31 bits per heavy atom. The Labute approximate surface area is 172 Å². The Kier molecular flexibility index (Phi) is 5.79. The van der Waals surface area contributed by atoms with Crippen LogP contribution in [0.2, 0.25) is 0 Å². The number of rotatable bonds is 6. The van der Waals surface area contributed by atoms with Crippen molar-refractivity contribution in [2.75, 3.05) is 51.9 Å². The number of amides is 1. The number of fused-ring (bicyclic) bond motifs is 1. The number of anilines is 1. The third-order valence-electron chi connectivity index (χ3n) is 4.91. The molecule has 0 aliphatic carbocycles. The first-order valence-electron chi connectivity index (χ1n) is 9.47. The maximum atomic E-state index is 13.4. The number of halogens is 1. The Hall–Kier alpha value is -2.49. The van der Waals surface area contributed by atoms with Crippen molar-refractivity contribution in [2.24, 2.45) is 0 Å². The van der Waals surface area contributed by atoms with E-state index in [1.165, 1.54) is 23.5 Å². The second-order valence-corrected chi connectivity index (χ2v) is 7.75. The fourth-order valence-corrected chi connectivity index (χ4v) is 4.49. The van der Waals surface area contributed by atoms with Crippen molar-refractivity contribution in [3.63, 3.8) is 0 Å². The number of methoxy groups -OCH3 is 1.